The molecule has 0 aliphatic carbocycles. The summed E-state index contributed by atoms with van der Waals surface area (Å²) in [5.41, 5.74) is 6.23. The number of primary amides is 1. The van der Waals surface area contributed by atoms with Crippen LogP contribution in [-0.4, -0.2) is 12.6 Å². The molecule has 3 nitrogen and oxygen atoms in total. The number of hydrogen-bond acceptors (Lipinski definition) is 1. The van der Waals surface area contributed by atoms with Crippen molar-refractivity contribution in [2.75, 3.05) is 11.4 Å². The Kier molecular flexibility index (Phi) is 2.77. The fraction of sp³-hybridized carbons (Fsp3) is 0.154. The minimum absolute atomic E-state index is 0.418. The van der Waals surface area contributed by atoms with Crippen molar-refractivity contribution in [1.82, 2.24) is 0 Å². The Hall–Kier alpha value is -2.03. The van der Waals surface area contributed by atoms with Gasteiger partial charge in [-0.05, 0) is 18.4 Å². The number of benzene rings is 2. The van der Waals surface area contributed by atoms with Gasteiger partial charge in [-0.1, -0.05) is 36.4 Å². The summed E-state index contributed by atoms with van der Waals surface area (Å²) in [6.45, 7) is 2.48. The Labute approximate surface area is 94.5 Å². The standard InChI is InChI=1S/C13H14N2O/c1-2-15(13(14)16)12-9-5-7-10-6-3-4-8-11(10)12/h3-9H,2H2,1H3,(H2,14,16). The molecule has 0 bridgehead atoms. The summed E-state index contributed by atoms with van der Waals surface area (Å²) >= 11 is 0. The maximum Gasteiger partial charge on any atom is 0.319 e. The summed E-state index contributed by atoms with van der Waals surface area (Å²) < 4.78 is 0. The molecule has 0 atom stereocenters. The number of nitrogens with zero attached hydrogens (tertiary/aromatic N) is 1. The molecule has 82 valence electrons. The van der Waals surface area contributed by atoms with Crippen LogP contribution < -0.4 is 10.6 Å². The van der Waals surface area contributed by atoms with Gasteiger partial charge in [0.25, 0.3) is 0 Å². The largest absolute Gasteiger partial charge is 0.351 e. The summed E-state index contributed by atoms with van der Waals surface area (Å²) in [4.78, 5) is 12.9. The van der Waals surface area contributed by atoms with Crippen molar-refractivity contribution >= 4 is 22.5 Å². The normalized spacial score (nSPS) is 10.3. The van der Waals surface area contributed by atoms with Gasteiger partial charge < -0.3 is 5.73 Å². The van der Waals surface area contributed by atoms with Crippen molar-refractivity contribution in [3.8, 4) is 0 Å². The van der Waals surface area contributed by atoms with Gasteiger partial charge in [0.15, 0.2) is 0 Å². The second-order valence-electron chi connectivity index (χ2n) is 3.58. The van der Waals surface area contributed by atoms with Crippen molar-refractivity contribution in [3.05, 3.63) is 42.5 Å². The maximum absolute atomic E-state index is 11.3. The van der Waals surface area contributed by atoms with Crippen molar-refractivity contribution in [1.29, 1.82) is 0 Å². The molecule has 0 spiro atoms. The number of urea groups is 1. The van der Waals surface area contributed by atoms with E-state index in [4.69, 9.17) is 5.73 Å². The highest BCUT2D eigenvalue weighted by molar-refractivity contribution is 6.02. The zero-order valence-corrected chi connectivity index (χ0v) is 9.18. The van der Waals surface area contributed by atoms with E-state index in [9.17, 15) is 4.79 Å². The Morgan fingerprint density at radius 3 is 2.56 bits per heavy atom. The predicted molar refractivity (Wildman–Crippen MR) is 66.6 cm³/mol. The third kappa shape index (κ3) is 1.72. The number of rotatable bonds is 2. The molecule has 2 aromatic rings. The van der Waals surface area contributed by atoms with Crippen molar-refractivity contribution in [2.45, 2.75) is 6.92 Å². The van der Waals surface area contributed by atoms with Crippen LogP contribution >= 0.6 is 0 Å². The number of anilines is 1. The van der Waals surface area contributed by atoms with E-state index in [2.05, 4.69) is 0 Å². The smallest absolute Gasteiger partial charge is 0.319 e. The SMILES string of the molecule is CCN(C(N)=O)c1cccc2ccccc12. The Balaban J connectivity index is 2.63. The average molecular weight is 214 g/mol. The van der Waals surface area contributed by atoms with Crippen LogP contribution in [0.1, 0.15) is 6.92 Å². The Bertz CT molecular complexity index is 517. The first-order valence-electron chi connectivity index (χ1n) is 5.28. The molecule has 0 heterocycles. The van der Waals surface area contributed by atoms with Gasteiger partial charge in [0.1, 0.15) is 0 Å². The van der Waals surface area contributed by atoms with Crippen LogP contribution in [0, 0.1) is 0 Å². The molecule has 0 aromatic heterocycles. The minimum Gasteiger partial charge on any atom is -0.351 e. The third-order valence-corrected chi connectivity index (χ3v) is 2.64. The maximum atomic E-state index is 11.3. The third-order valence-electron chi connectivity index (χ3n) is 2.64. The van der Waals surface area contributed by atoms with Crippen LogP contribution in [-0.2, 0) is 0 Å². The van der Waals surface area contributed by atoms with Crippen LogP contribution in [0.5, 0.6) is 0 Å². The fourth-order valence-electron chi connectivity index (χ4n) is 1.89. The number of carbonyl (C=O) groups excluding carboxylic acids is 1. The van der Waals surface area contributed by atoms with E-state index in [0.29, 0.717) is 6.54 Å². The number of hydrogen-bond donors (Lipinski definition) is 1. The summed E-state index contributed by atoms with van der Waals surface area (Å²) in [7, 11) is 0. The van der Waals surface area contributed by atoms with Gasteiger partial charge in [-0.15, -0.1) is 0 Å². The van der Waals surface area contributed by atoms with Crippen LogP contribution in [0.25, 0.3) is 10.8 Å². The molecular weight excluding hydrogens is 200 g/mol. The molecule has 0 aliphatic rings. The van der Waals surface area contributed by atoms with Crippen LogP contribution in [0.3, 0.4) is 0 Å². The second kappa shape index (κ2) is 4.23. The van der Waals surface area contributed by atoms with Crippen LogP contribution in [0.2, 0.25) is 0 Å². The zero-order valence-electron chi connectivity index (χ0n) is 9.18. The molecule has 2 amide bonds. The van der Waals surface area contributed by atoms with Crippen LogP contribution in [0.4, 0.5) is 10.5 Å². The number of carbonyl (C=O) groups is 1. The first kappa shape index (κ1) is 10.5. The van der Waals surface area contributed by atoms with E-state index in [0.717, 1.165) is 16.5 Å². The Morgan fingerprint density at radius 2 is 1.88 bits per heavy atom. The molecule has 0 radical (unpaired) electrons. The summed E-state index contributed by atoms with van der Waals surface area (Å²) in [5, 5.41) is 2.16. The zero-order chi connectivity index (χ0) is 11.5. The van der Waals surface area contributed by atoms with Gasteiger partial charge in [0.05, 0.1) is 5.69 Å². The van der Waals surface area contributed by atoms with Crippen molar-refractivity contribution in [2.24, 2.45) is 5.73 Å². The monoisotopic (exact) mass is 214 g/mol. The summed E-state index contributed by atoms with van der Waals surface area (Å²) in [5.74, 6) is 0. The van der Waals surface area contributed by atoms with Gasteiger partial charge >= 0.3 is 6.03 Å². The topological polar surface area (TPSA) is 46.3 Å². The second-order valence-corrected chi connectivity index (χ2v) is 3.58. The minimum atomic E-state index is -0.418. The fourth-order valence-corrected chi connectivity index (χ4v) is 1.89. The molecule has 2 N–H and O–H groups in total. The quantitative estimate of drug-likeness (QED) is 0.820. The highest BCUT2D eigenvalue weighted by atomic mass is 16.2. The van der Waals surface area contributed by atoms with E-state index in [-0.39, 0.29) is 0 Å². The van der Waals surface area contributed by atoms with Gasteiger partial charge in [-0.25, -0.2) is 4.79 Å². The lowest BCUT2D eigenvalue weighted by molar-refractivity contribution is 0.254. The first-order valence-corrected chi connectivity index (χ1v) is 5.28. The highest BCUT2D eigenvalue weighted by Crippen LogP contribution is 2.26. The number of nitrogens with two attached hydrogens (primary N) is 1. The van der Waals surface area contributed by atoms with E-state index >= 15 is 0 Å². The average Bonchev–Trinajstić information content (AvgIpc) is 2.30. The van der Waals surface area contributed by atoms with E-state index in [1.807, 2.05) is 49.4 Å². The Morgan fingerprint density at radius 1 is 1.19 bits per heavy atom. The summed E-state index contributed by atoms with van der Waals surface area (Å²) in [6.07, 6.45) is 0. The molecule has 0 saturated heterocycles. The lowest BCUT2D eigenvalue weighted by Crippen LogP contribution is -2.35. The predicted octanol–water partition coefficient (Wildman–Crippen LogP) is 2.74. The first-order chi connectivity index (χ1) is 7.74. The lowest BCUT2D eigenvalue weighted by Gasteiger charge is -2.20. The molecule has 0 aliphatic heterocycles. The van der Waals surface area contributed by atoms with Gasteiger partial charge in [-0.2, -0.15) is 0 Å². The van der Waals surface area contributed by atoms with Gasteiger partial charge in [0.2, 0.25) is 0 Å². The van der Waals surface area contributed by atoms with Gasteiger partial charge in [-0.3, -0.25) is 4.90 Å². The van der Waals surface area contributed by atoms with Gasteiger partial charge in [0, 0.05) is 11.9 Å². The molecule has 2 aromatic carbocycles. The van der Waals surface area contributed by atoms with E-state index in [1.54, 1.807) is 4.90 Å². The van der Waals surface area contributed by atoms with E-state index in [1.165, 1.54) is 0 Å². The van der Waals surface area contributed by atoms with E-state index < -0.39 is 6.03 Å². The number of amides is 2. The molecule has 0 fully saturated rings. The molecular formula is C13H14N2O. The lowest BCUT2D eigenvalue weighted by atomic mass is 10.1. The number of fused-ring (bicyclic) bond motifs is 1. The summed E-state index contributed by atoms with van der Waals surface area (Å²) in [6, 6.07) is 13.4. The molecule has 2 rings (SSSR count). The molecule has 16 heavy (non-hydrogen) atoms. The van der Waals surface area contributed by atoms with Crippen molar-refractivity contribution < 1.29 is 4.79 Å². The van der Waals surface area contributed by atoms with Crippen LogP contribution in [0.15, 0.2) is 42.5 Å². The van der Waals surface area contributed by atoms with Crippen molar-refractivity contribution in [3.63, 3.8) is 0 Å². The molecule has 0 unspecified atom stereocenters. The molecule has 0 saturated carbocycles. The molecule has 3 heteroatoms. The highest BCUT2D eigenvalue weighted by Gasteiger charge is 2.12.